The molecule has 2 fully saturated rings. The highest BCUT2D eigenvalue weighted by Crippen LogP contribution is 2.29. The number of hydrogen-bond acceptors (Lipinski definition) is 5. The van der Waals surface area contributed by atoms with Gasteiger partial charge >= 0.3 is 6.03 Å². The smallest absolute Gasteiger partial charge is 0.322 e. The van der Waals surface area contributed by atoms with Crippen molar-refractivity contribution in [1.29, 1.82) is 0 Å². The summed E-state index contributed by atoms with van der Waals surface area (Å²) in [5.74, 6) is -0.386. The first kappa shape index (κ1) is 19.1. The Hall–Kier alpha value is -3.23. The summed E-state index contributed by atoms with van der Waals surface area (Å²) in [6.07, 6.45) is 3.93. The Kier molecular flexibility index (Phi) is 5.04. The second-order valence-corrected chi connectivity index (χ2v) is 7.80. The third kappa shape index (κ3) is 4.44. The van der Waals surface area contributed by atoms with E-state index in [9.17, 15) is 14.4 Å². The molecule has 0 bridgehead atoms. The van der Waals surface area contributed by atoms with Gasteiger partial charge in [0.2, 0.25) is 5.91 Å². The average molecular weight is 396 g/mol. The molecule has 4 amide bonds. The van der Waals surface area contributed by atoms with Crippen LogP contribution in [0.2, 0.25) is 0 Å². The van der Waals surface area contributed by atoms with Crippen molar-refractivity contribution in [1.82, 2.24) is 30.5 Å². The maximum Gasteiger partial charge on any atom is 0.322 e. The van der Waals surface area contributed by atoms with Crippen molar-refractivity contribution >= 4 is 17.8 Å². The number of nitrogens with one attached hydrogen (secondary N) is 2. The molecule has 0 radical (unpaired) electrons. The molecule has 29 heavy (non-hydrogen) atoms. The van der Waals surface area contributed by atoms with Crippen LogP contribution in [-0.2, 0) is 29.1 Å². The topological polar surface area (TPSA) is 109 Å². The lowest BCUT2D eigenvalue weighted by Crippen LogP contribution is -2.35. The second-order valence-electron chi connectivity index (χ2n) is 7.80. The van der Waals surface area contributed by atoms with Crippen LogP contribution in [0, 0.1) is 13.8 Å². The van der Waals surface area contributed by atoms with Crippen molar-refractivity contribution in [3.05, 3.63) is 46.8 Å². The van der Waals surface area contributed by atoms with Gasteiger partial charge in [-0.25, -0.2) is 9.48 Å². The molecule has 9 nitrogen and oxygen atoms in total. The van der Waals surface area contributed by atoms with E-state index >= 15 is 0 Å². The molecule has 1 saturated heterocycles. The van der Waals surface area contributed by atoms with Gasteiger partial charge in [-0.1, -0.05) is 23.4 Å². The molecular formula is C20H24N6O3. The van der Waals surface area contributed by atoms with Crippen LogP contribution in [0.3, 0.4) is 0 Å². The molecule has 1 aliphatic carbocycles. The van der Waals surface area contributed by atoms with E-state index < -0.39 is 12.1 Å². The van der Waals surface area contributed by atoms with Gasteiger partial charge in [0.05, 0.1) is 5.69 Å². The minimum Gasteiger partial charge on any atom is -0.334 e. The van der Waals surface area contributed by atoms with Gasteiger partial charge in [0.25, 0.3) is 5.91 Å². The maximum atomic E-state index is 12.9. The van der Waals surface area contributed by atoms with Gasteiger partial charge in [0.15, 0.2) is 0 Å². The SMILES string of the molecule is Cc1ccc(CN(C(=O)Cn2cc(C[C@@H]3NC(=O)NC3=O)nn2)C2CC2)cc1C. The summed E-state index contributed by atoms with van der Waals surface area (Å²) in [6.45, 7) is 4.83. The first-order valence-corrected chi connectivity index (χ1v) is 9.75. The summed E-state index contributed by atoms with van der Waals surface area (Å²) in [6, 6.07) is 5.41. The van der Waals surface area contributed by atoms with Crippen LogP contribution < -0.4 is 10.6 Å². The highest BCUT2D eigenvalue weighted by atomic mass is 16.2. The summed E-state index contributed by atoms with van der Waals surface area (Å²) in [5.41, 5.74) is 4.12. The normalized spacial score (nSPS) is 18.5. The van der Waals surface area contributed by atoms with Crippen molar-refractivity contribution in [3.63, 3.8) is 0 Å². The number of hydrogen-bond donors (Lipinski definition) is 2. The van der Waals surface area contributed by atoms with Crippen LogP contribution in [0.25, 0.3) is 0 Å². The van der Waals surface area contributed by atoms with E-state index in [4.69, 9.17) is 0 Å². The predicted octanol–water partition coefficient (Wildman–Crippen LogP) is 0.837. The molecular weight excluding hydrogens is 372 g/mol. The molecule has 1 aromatic carbocycles. The number of rotatable bonds is 7. The Balaban J connectivity index is 1.39. The fourth-order valence-corrected chi connectivity index (χ4v) is 3.46. The average Bonchev–Trinajstić information content (AvgIpc) is 3.34. The molecule has 4 rings (SSSR count). The van der Waals surface area contributed by atoms with Crippen LogP contribution >= 0.6 is 0 Å². The van der Waals surface area contributed by atoms with Crippen molar-refractivity contribution in [3.8, 4) is 0 Å². The number of carbonyl (C=O) groups is 3. The third-order valence-electron chi connectivity index (χ3n) is 5.39. The van der Waals surface area contributed by atoms with Gasteiger partial charge in [0.1, 0.15) is 12.6 Å². The number of nitrogens with zero attached hydrogens (tertiary/aromatic N) is 4. The quantitative estimate of drug-likeness (QED) is 0.674. The van der Waals surface area contributed by atoms with Crippen molar-refractivity contribution in [2.45, 2.75) is 58.3 Å². The largest absolute Gasteiger partial charge is 0.334 e. The maximum absolute atomic E-state index is 12.9. The van der Waals surface area contributed by atoms with Crippen LogP contribution in [0.5, 0.6) is 0 Å². The van der Waals surface area contributed by atoms with Gasteiger partial charge in [-0.15, -0.1) is 5.10 Å². The summed E-state index contributed by atoms with van der Waals surface area (Å²) < 4.78 is 1.49. The summed E-state index contributed by atoms with van der Waals surface area (Å²) in [5, 5.41) is 12.8. The lowest BCUT2D eigenvalue weighted by Gasteiger charge is -2.23. The number of imide groups is 1. The van der Waals surface area contributed by atoms with Gasteiger partial charge < -0.3 is 10.2 Å². The van der Waals surface area contributed by atoms with Crippen LogP contribution in [0.1, 0.15) is 35.2 Å². The lowest BCUT2D eigenvalue weighted by atomic mass is 10.1. The number of urea groups is 1. The molecule has 1 atom stereocenters. The highest BCUT2D eigenvalue weighted by molar-refractivity contribution is 6.04. The Morgan fingerprint density at radius 3 is 2.69 bits per heavy atom. The number of aromatic nitrogens is 3. The van der Waals surface area contributed by atoms with E-state index in [1.54, 1.807) is 6.20 Å². The van der Waals surface area contributed by atoms with Crippen molar-refractivity contribution < 1.29 is 14.4 Å². The molecule has 0 unspecified atom stereocenters. The standard InChI is InChI=1S/C20H24N6O3/c1-12-3-4-14(7-13(12)2)9-26(16-5-6-16)18(27)11-25-10-15(23-24-25)8-17-19(28)22-20(29)21-17/h3-4,7,10,16-17H,5-6,8-9,11H2,1-2H3,(H2,21,22,28,29)/t17-/m0/s1. The minimum atomic E-state index is -0.656. The van der Waals surface area contributed by atoms with Crippen molar-refractivity contribution in [2.24, 2.45) is 0 Å². The number of benzene rings is 1. The van der Waals surface area contributed by atoms with E-state index in [1.807, 2.05) is 4.90 Å². The van der Waals surface area contributed by atoms with Crippen LogP contribution in [0.4, 0.5) is 4.79 Å². The highest BCUT2D eigenvalue weighted by Gasteiger charge is 2.33. The monoisotopic (exact) mass is 396 g/mol. The molecule has 1 saturated carbocycles. The lowest BCUT2D eigenvalue weighted by molar-refractivity contribution is -0.133. The molecule has 0 spiro atoms. The van der Waals surface area contributed by atoms with E-state index in [0.717, 1.165) is 18.4 Å². The zero-order valence-electron chi connectivity index (χ0n) is 16.5. The first-order chi connectivity index (χ1) is 13.9. The van der Waals surface area contributed by atoms with E-state index in [-0.39, 0.29) is 30.8 Å². The minimum absolute atomic E-state index is 0.00547. The second kappa shape index (κ2) is 7.65. The fourth-order valence-electron chi connectivity index (χ4n) is 3.46. The number of amides is 4. The van der Waals surface area contributed by atoms with Gasteiger partial charge in [0, 0.05) is 25.2 Å². The van der Waals surface area contributed by atoms with Crippen LogP contribution in [-0.4, -0.2) is 49.8 Å². The van der Waals surface area contributed by atoms with Gasteiger partial charge in [-0.2, -0.15) is 0 Å². The van der Waals surface area contributed by atoms with Gasteiger partial charge in [-0.05, 0) is 43.4 Å². The molecule has 2 heterocycles. The van der Waals surface area contributed by atoms with Crippen LogP contribution in [0.15, 0.2) is 24.4 Å². The molecule has 9 heteroatoms. The molecule has 152 valence electrons. The van der Waals surface area contributed by atoms with E-state index in [1.165, 1.54) is 15.8 Å². The zero-order valence-corrected chi connectivity index (χ0v) is 16.5. The van der Waals surface area contributed by atoms with Gasteiger partial charge in [-0.3, -0.25) is 14.9 Å². The Morgan fingerprint density at radius 2 is 2.03 bits per heavy atom. The molecule has 1 aromatic heterocycles. The Bertz CT molecular complexity index is 965. The summed E-state index contributed by atoms with van der Waals surface area (Å²) >= 11 is 0. The Morgan fingerprint density at radius 1 is 1.24 bits per heavy atom. The molecule has 2 aromatic rings. The first-order valence-electron chi connectivity index (χ1n) is 9.75. The Labute approximate surface area is 168 Å². The molecule has 2 N–H and O–H groups in total. The third-order valence-corrected chi connectivity index (χ3v) is 5.39. The summed E-state index contributed by atoms with van der Waals surface area (Å²) in [7, 11) is 0. The predicted molar refractivity (Wildman–Crippen MR) is 104 cm³/mol. The fraction of sp³-hybridized carbons (Fsp3) is 0.450. The number of carbonyl (C=O) groups excluding carboxylic acids is 3. The van der Waals surface area contributed by atoms with E-state index in [0.29, 0.717) is 12.2 Å². The molecule has 1 aliphatic heterocycles. The van der Waals surface area contributed by atoms with E-state index in [2.05, 4.69) is 53.0 Å². The van der Waals surface area contributed by atoms with Crippen molar-refractivity contribution in [2.75, 3.05) is 0 Å². The molecule has 2 aliphatic rings. The number of aryl methyl sites for hydroxylation is 2. The summed E-state index contributed by atoms with van der Waals surface area (Å²) in [4.78, 5) is 37.7. The zero-order chi connectivity index (χ0) is 20.5.